The van der Waals surface area contributed by atoms with Crippen LogP contribution in [0.15, 0.2) is 18.3 Å². The average molecular weight is 218 g/mol. The molecule has 0 aliphatic carbocycles. The van der Waals surface area contributed by atoms with Crippen molar-refractivity contribution < 1.29 is 4.79 Å². The van der Waals surface area contributed by atoms with E-state index in [9.17, 15) is 4.79 Å². The highest BCUT2D eigenvalue weighted by Crippen LogP contribution is 2.23. The van der Waals surface area contributed by atoms with Crippen LogP contribution in [0.1, 0.15) is 43.5 Å². The number of nitrogens with zero attached hydrogens (tertiary/aromatic N) is 2. The highest BCUT2D eigenvalue weighted by molar-refractivity contribution is 5.94. The Morgan fingerprint density at radius 1 is 1.50 bits per heavy atom. The van der Waals surface area contributed by atoms with Gasteiger partial charge in [-0.25, -0.2) is 4.98 Å². The Balaban J connectivity index is 2.25. The van der Waals surface area contributed by atoms with E-state index >= 15 is 0 Å². The first-order chi connectivity index (χ1) is 7.68. The fourth-order valence-electron chi connectivity index (χ4n) is 2.23. The molecule has 16 heavy (non-hydrogen) atoms. The molecule has 0 aromatic carbocycles. The number of carbonyl (C=O) groups is 1. The maximum absolute atomic E-state index is 11.3. The summed E-state index contributed by atoms with van der Waals surface area (Å²) in [7, 11) is 0. The lowest BCUT2D eigenvalue weighted by Crippen LogP contribution is -2.38. The van der Waals surface area contributed by atoms with E-state index in [1.807, 2.05) is 6.07 Å². The van der Waals surface area contributed by atoms with E-state index in [0.29, 0.717) is 6.04 Å². The monoisotopic (exact) mass is 218 g/mol. The molecular formula is C13H18N2O. The second kappa shape index (κ2) is 4.64. The van der Waals surface area contributed by atoms with Gasteiger partial charge in [0.1, 0.15) is 5.82 Å². The summed E-state index contributed by atoms with van der Waals surface area (Å²) in [5.41, 5.74) is 0.753. The van der Waals surface area contributed by atoms with Crippen LogP contribution in [0.4, 0.5) is 5.82 Å². The smallest absolute Gasteiger partial charge is 0.159 e. The van der Waals surface area contributed by atoms with E-state index in [2.05, 4.69) is 16.8 Å². The number of piperidine rings is 1. The van der Waals surface area contributed by atoms with Crippen molar-refractivity contribution in [3.8, 4) is 0 Å². The fourth-order valence-corrected chi connectivity index (χ4v) is 2.23. The van der Waals surface area contributed by atoms with Crippen molar-refractivity contribution in [3.05, 3.63) is 23.9 Å². The molecule has 1 atom stereocenters. The molecule has 0 spiro atoms. The van der Waals surface area contributed by atoms with Gasteiger partial charge in [0, 0.05) is 24.3 Å². The van der Waals surface area contributed by atoms with Gasteiger partial charge in [-0.05, 0) is 45.2 Å². The molecule has 0 amide bonds. The molecule has 1 aromatic rings. The number of hydrogen-bond acceptors (Lipinski definition) is 3. The molecule has 2 heterocycles. The molecule has 1 fully saturated rings. The van der Waals surface area contributed by atoms with Gasteiger partial charge >= 0.3 is 0 Å². The molecule has 86 valence electrons. The van der Waals surface area contributed by atoms with Crippen LogP contribution in [0, 0.1) is 0 Å². The predicted molar refractivity (Wildman–Crippen MR) is 64.9 cm³/mol. The molecule has 0 saturated carbocycles. The van der Waals surface area contributed by atoms with Gasteiger partial charge in [-0.1, -0.05) is 0 Å². The van der Waals surface area contributed by atoms with Gasteiger partial charge in [-0.2, -0.15) is 0 Å². The third-order valence-electron chi connectivity index (χ3n) is 3.25. The van der Waals surface area contributed by atoms with Gasteiger partial charge in [0.25, 0.3) is 0 Å². The van der Waals surface area contributed by atoms with E-state index in [1.165, 1.54) is 19.3 Å². The van der Waals surface area contributed by atoms with Gasteiger partial charge < -0.3 is 4.90 Å². The summed E-state index contributed by atoms with van der Waals surface area (Å²) < 4.78 is 0. The number of aromatic nitrogens is 1. The number of ketones is 1. The van der Waals surface area contributed by atoms with Crippen LogP contribution >= 0.6 is 0 Å². The van der Waals surface area contributed by atoms with Gasteiger partial charge in [-0.3, -0.25) is 4.79 Å². The van der Waals surface area contributed by atoms with Crippen LogP contribution in [0.25, 0.3) is 0 Å². The zero-order valence-electron chi connectivity index (χ0n) is 9.94. The fraction of sp³-hybridized carbons (Fsp3) is 0.538. The van der Waals surface area contributed by atoms with E-state index in [-0.39, 0.29) is 5.78 Å². The first-order valence-corrected chi connectivity index (χ1v) is 5.92. The number of Topliss-reactive ketones (excluding diaryl/α,β-unsaturated/α-hetero) is 1. The van der Waals surface area contributed by atoms with Crippen LogP contribution in [0.3, 0.4) is 0 Å². The zero-order valence-corrected chi connectivity index (χ0v) is 9.94. The molecule has 1 saturated heterocycles. The van der Waals surface area contributed by atoms with Crippen molar-refractivity contribution in [1.82, 2.24) is 4.98 Å². The third-order valence-corrected chi connectivity index (χ3v) is 3.25. The highest BCUT2D eigenvalue weighted by atomic mass is 16.1. The van der Waals surface area contributed by atoms with E-state index in [1.54, 1.807) is 19.2 Å². The van der Waals surface area contributed by atoms with Gasteiger partial charge in [0.2, 0.25) is 0 Å². The molecule has 0 N–H and O–H groups in total. The maximum Gasteiger partial charge on any atom is 0.159 e. The summed E-state index contributed by atoms with van der Waals surface area (Å²) in [4.78, 5) is 18.0. The number of anilines is 1. The Labute approximate surface area is 96.5 Å². The van der Waals surface area contributed by atoms with Crippen molar-refractivity contribution in [2.24, 2.45) is 0 Å². The topological polar surface area (TPSA) is 33.2 Å². The predicted octanol–water partition coefficient (Wildman–Crippen LogP) is 2.66. The zero-order chi connectivity index (χ0) is 11.5. The molecule has 2 rings (SSSR count). The molecule has 1 aliphatic heterocycles. The summed E-state index contributed by atoms with van der Waals surface area (Å²) in [5.74, 6) is 1.05. The van der Waals surface area contributed by atoms with Gasteiger partial charge in [0.05, 0.1) is 0 Å². The quantitative estimate of drug-likeness (QED) is 0.715. The van der Waals surface area contributed by atoms with Crippen LogP contribution < -0.4 is 4.90 Å². The molecule has 0 bridgehead atoms. The number of hydrogen-bond donors (Lipinski definition) is 0. The second-order valence-electron chi connectivity index (χ2n) is 4.50. The van der Waals surface area contributed by atoms with Crippen molar-refractivity contribution >= 4 is 11.6 Å². The van der Waals surface area contributed by atoms with E-state index < -0.39 is 0 Å². The first kappa shape index (κ1) is 11.1. The van der Waals surface area contributed by atoms with Crippen molar-refractivity contribution in [2.75, 3.05) is 11.4 Å². The summed E-state index contributed by atoms with van der Waals surface area (Å²) in [6.45, 7) is 4.87. The first-order valence-electron chi connectivity index (χ1n) is 5.92. The van der Waals surface area contributed by atoms with Crippen LogP contribution in [0.2, 0.25) is 0 Å². The molecule has 1 unspecified atom stereocenters. The van der Waals surface area contributed by atoms with Crippen molar-refractivity contribution in [1.29, 1.82) is 0 Å². The van der Waals surface area contributed by atoms with Crippen molar-refractivity contribution in [3.63, 3.8) is 0 Å². The normalized spacial score (nSPS) is 20.9. The van der Waals surface area contributed by atoms with Crippen LogP contribution in [-0.2, 0) is 0 Å². The largest absolute Gasteiger partial charge is 0.354 e. The Bertz CT molecular complexity index is 389. The average Bonchev–Trinajstić information content (AvgIpc) is 2.30. The number of rotatable bonds is 2. The Morgan fingerprint density at radius 2 is 2.31 bits per heavy atom. The minimum absolute atomic E-state index is 0.105. The minimum Gasteiger partial charge on any atom is -0.354 e. The lowest BCUT2D eigenvalue weighted by atomic mass is 10.0. The van der Waals surface area contributed by atoms with Crippen LogP contribution in [-0.4, -0.2) is 23.4 Å². The molecule has 3 heteroatoms. The molecule has 3 nitrogen and oxygen atoms in total. The number of carbonyl (C=O) groups excluding carboxylic acids is 1. The standard InChI is InChI=1S/C13H18N2O/c1-10-5-3-4-8-15(10)13-9-12(11(2)16)6-7-14-13/h6-7,9-10H,3-5,8H2,1-2H3. The molecule has 1 aliphatic rings. The minimum atomic E-state index is 0.105. The third kappa shape index (κ3) is 2.23. The van der Waals surface area contributed by atoms with Gasteiger partial charge in [0.15, 0.2) is 5.78 Å². The van der Waals surface area contributed by atoms with Crippen molar-refractivity contribution in [2.45, 2.75) is 39.2 Å². The summed E-state index contributed by atoms with van der Waals surface area (Å²) in [6, 6.07) is 4.22. The lowest BCUT2D eigenvalue weighted by molar-refractivity contribution is 0.101. The molecular weight excluding hydrogens is 200 g/mol. The second-order valence-corrected chi connectivity index (χ2v) is 4.50. The Kier molecular flexibility index (Phi) is 3.22. The summed E-state index contributed by atoms with van der Waals surface area (Å²) in [5, 5.41) is 0. The Hall–Kier alpha value is -1.38. The van der Waals surface area contributed by atoms with E-state index in [4.69, 9.17) is 0 Å². The highest BCUT2D eigenvalue weighted by Gasteiger charge is 2.19. The summed E-state index contributed by atoms with van der Waals surface area (Å²) in [6.07, 6.45) is 5.46. The molecule has 0 radical (unpaired) electrons. The molecule has 1 aromatic heterocycles. The number of pyridine rings is 1. The van der Waals surface area contributed by atoms with E-state index in [0.717, 1.165) is 17.9 Å². The summed E-state index contributed by atoms with van der Waals surface area (Å²) >= 11 is 0. The van der Waals surface area contributed by atoms with Crippen LogP contribution in [0.5, 0.6) is 0 Å². The Morgan fingerprint density at radius 3 is 3.00 bits per heavy atom. The maximum atomic E-state index is 11.3. The van der Waals surface area contributed by atoms with Gasteiger partial charge in [-0.15, -0.1) is 0 Å². The SMILES string of the molecule is CC(=O)c1ccnc(N2CCCCC2C)c1. The lowest BCUT2D eigenvalue weighted by Gasteiger charge is -2.34.